The van der Waals surface area contributed by atoms with Crippen LogP contribution in [-0.2, 0) is 4.79 Å². The molecule has 4 heteroatoms. The van der Waals surface area contributed by atoms with E-state index < -0.39 is 5.91 Å². The molecule has 17 heavy (non-hydrogen) atoms. The maximum Gasteiger partial charge on any atom is 0.229 e. The van der Waals surface area contributed by atoms with Crippen LogP contribution in [0, 0.1) is 11.8 Å². The third-order valence-electron chi connectivity index (χ3n) is 2.36. The van der Waals surface area contributed by atoms with Crippen LogP contribution in [0.4, 0.5) is 0 Å². The number of hydrogen-bond acceptors (Lipinski definition) is 3. The molecule has 1 aromatic rings. The van der Waals surface area contributed by atoms with E-state index in [0.717, 1.165) is 0 Å². The Kier molecular flexibility index (Phi) is 3.10. The number of nitrogens with two attached hydrogens (primary N) is 1. The molecule has 4 nitrogen and oxygen atoms in total. The zero-order valence-electron chi connectivity index (χ0n) is 9.16. The summed E-state index contributed by atoms with van der Waals surface area (Å²) in [5.41, 5.74) is 6.22. The van der Waals surface area contributed by atoms with E-state index in [1.165, 1.54) is 0 Å². The van der Waals surface area contributed by atoms with Crippen molar-refractivity contribution in [2.45, 2.75) is 12.8 Å². The molecule has 0 aromatic heterocycles. The minimum atomic E-state index is -0.463. The maximum atomic E-state index is 11.6. The van der Waals surface area contributed by atoms with Gasteiger partial charge in [0.25, 0.3) is 0 Å². The molecule has 86 valence electrons. The molecule has 0 unspecified atom stereocenters. The molecule has 1 aliphatic rings. The molecule has 0 saturated heterocycles. The zero-order valence-corrected chi connectivity index (χ0v) is 9.16. The Morgan fingerprint density at radius 2 is 2.29 bits per heavy atom. The van der Waals surface area contributed by atoms with Gasteiger partial charge in [-0.25, -0.2) is 0 Å². The smallest absolute Gasteiger partial charge is 0.229 e. The van der Waals surface area contributed by atoms with Gasteiger partial charge in [-0.3, -0.25) is 9.59 Å². The number of rotatable bonds is 1. The van der Waals surface area contributed by atoms with Crippen molar-refractivity contribution in [3.05, 3.63) is 29.3 Å². The number of amides is 1. The lowest BCUT2D eigenvalue weighted by atomic mass is 10.0. The Balaban J connectivity index is 2.25. The van der Waals surface area contributed by atoms with Crippen LogP contribution in [0.2, 0.25) is 0 Å². The number of carbonyl (C=O) groups is 2. The van der Waals surface area contributed by atoms with Crippen LogP contribution < -0.4 is 10.5 Å². The topological polar surface area (TPSA) is 69.4 Å². The molecular weight excluding hydrogens is 218 g/mol. The number of Topliss-reactive ketones (excluding diaryl/α,β-unsaturated/α-hetero) is 1. The summed E-state index contributed by atoms with van der Waals surface area (Å²) in [6, 6.07) is 5.16. The predicted molar refractivity (Wildman–Crippen MR) is 61.6 cm³/mol. The van der Waals surface area contributed by atoms with Crippen molar-refractivity contribution in [3.8, 4) is 17.6 Å². The van der Waals surface area contributed by atoms with Crippen molar-refractivity contribution in [2.75, 3.05) is 6.61 Å². The molecule has 1 amide bonds. The van der Waals surface area contributed by atoms with Gasteiger partial charge in [-0.05, 0) is 18.2 Å². The molecule has 2 N–H and O–H groups in total. The van der Waals surface area contributed by atoms with E-state index in [9.17, 15) is 9.59 Å². The molecule has 1 aromatic carbocycles. The quantitative estimate of drug-likeness (QED) is 0.727. The summed E-state index contributed by atoms with van der Waals surface area (Å²) in [5.74, 6) is 5.63. The molecule has 0 aliphatic carbocycles. The van der Waals surface area contributed by atoms with Gasteiger partial charge in [0.1, 0.15) is 5.75 Å². The SMILES string of the molecule is NC(=O)CC#Cc1ccc2c(c1)C(=O)CCO2. The van der Waals surface area contributed by atoms with Gasteiger partial charge in [-0.15, -0.1) is 0 Å². The van der Waals surface area contributed by atoms with Crippen LogP contribution >= 0.6 is 0 Å². The van der Waals surface area contributed by atoms with Crippen LogP contribution in [0.25, 0.3) is 0 Å². The Morgan fingerprint density at radius 3 is 3.06 bits per heavy atom. The van der Waals surface area contributed by atoms with Crippen LogP contribution in [0.1, 0.15) is 28.8 Å². The number of ether oxygens (including phenoxy) is 1. The fourth-order valence-corrected chi connectivity index (χ4v) is 1.57. The van der Waals surface area contributed by atoms with Crippen LogP contribution in [0.15, 0.2) is 18.2 Å². The largest absolute Gasteiger partial charge is 0.492 e. The number of ketones is 1. The Hall–Kier alpha value is -2.28. The summed E-state index contributed by atoms with van der Waals surface area (Å²) in [4.78, 5) is 22.1. The summed E-state index contributed by atoms with van der Waals surface area (Å²) in [7, 11) is 0. The second-order valence-electron chi connectivity index (χ2n) is 3.68. The Labute approximate surface area is 98.8 Å². The van der Waals surface area contributed by atoms with Crippen molar-refractivity contribution in [2.24, 2.45) is 5.73 Å². The van der Waals surface area contributed by atoms with Crippen molar-refractivity contribution in [1.29, 1.82) is 0 Å². The summed E-state index contributed by atoms with van der Waals surface area (Å²) < 4.78 is 5.35. The summed E-state index contributed by atoms with van der Waals surface area (Å²) >= 11 is 0. The van der Waals surface area contributed by atoms with Gasteiger partial charge < -0.3 is 10.5 Å². The molecular formula is C13H11NO3. The average molecular weight is 229 g/mol. The van der Waals surface area contributed by atoms with Gasteiger partial charge in [0, 0.05) is 12.0 Å². The molecule has 0 bridgehead atoms. The van der Waals surface area contributed by atoms with E-state index >= 15 is 0 Å². The van der Waals surface area contributed by atoms with E-state index in [1.54, 1.807) is 18.2 Å². The van der Waals surface area contributed by atoms with Gasteiger partial charge in [-0.1, -0.05) is 11.8 Å². The minimum Gasteiger partial charge on any atom is -0.492 e. The first-order valence-corrected chi connectivity index (χ1v) is 5.24. The van der Waals surface area contributed by atoms with E-state index in [-0.39, 0.29) is 12.2 Å². The van der Waals surface area contributed by atoms with E-state index in [0.29, 0.717) is 29.9 Å². The van der Waals surface area contributed by atoms with Gasteiger partial charge in [0.05, 0.1) is 18.6 Å². The highest BCUT2D eigenvalue weighted by Gasteiger charge is 2.17. The van der Waals surface area contributed by atoms with Gasteiger partial charge in [0.2, 0.25) is 5.91 Å². The van der Waals surface area contributed by atoms with Gasteiger partial charge in [-0.2, -0.15) is 0 Å². The van der Waals surface area contributed by atoms with Crippen molar-refractivity contribution < 1.29 is 14.3 Å². The van der Waals surface area contributed by atoms with Crippen molar-refractivity contribution in [3.63, 3.8) is 0 Å². The first kappa shape index (κ1) is 11.2. The number of primary amides is 1. The van der Waals surface area contributed by atoms with E-state index in [2.05, 4.69) is 11.8 Å². The first-order valence-electron chi connectivity index (χ1n) is 5.24. The maximum absolute atomic E-state index is 11.6. The van der Waals surface area contributed by atoms with E-state index in [1.807, 2.05) is 0 Å². The van der Waals surface area contributed by atoms with Crippen LogP contribution in [0.5, 0.6) is 5.75 Å². The molecule has 0 saturated carbocycles. The van der Waals surface area contributed by atoms with Crippen molar-refractivity contribution in [1.82, 2.24) is 0 Å². The Bertz CT molecular complexity index is 537. The monoisotopic (exact) mass is 229 g/mol. The normalized spacial score (nSPS) is 13.1. The lowest BCUT2D eigenvalue weighted by Gasteiger charge is -2.15. The molecule has 0 spiro atoms. The predicted octanol–water partition coefficient (Wildman–Crippen LogP) is 0.879. The molecule has 1 aliphatic heterocycles. The van der Waals surface area contributed by atoms with Crippen LogP contribution in [-0.4, -0.2) is 18.3 Å². The number of hydrogen-bond donors (Lipinski definition) is 1. The number of benzene rings is 1. The fourth-order valence-electron chi connectivity index (χ4n) is 1.57. The molecule has 0 radical (unpaired) electrons. The van der Waals surface area contributed by atoms with Gasteiger partial charge in [0.15, 0.2) is 5.78 Å². The molecule has 2 rings (SSSR count). The fraction of sp³-hybridized carbons (Fsp3) is 0.231. The second kappa shape index (κ2) is 4.71. The highest BCUT2D eigenvalue weighted by atomic mass is 16.5. The summed E-state index contributed by atoms with van der Waals surface area (Å²) in [6.07, 6.45) is 0.409. The van der Waals surface area contributed by atoms with E-state index in [4.69, 9.17) is 10.5 Å². The summed E-state index contributed by atoms with van der Waals surface area (Å²) in [5, 5.41) is 0. The third-order valence-corrected chi connectivity index (χ3v) is 2.36. The van der Waals surface area contributed by atoms with Crippen LogP contribution in [0.3, 0.4) is 0 Å². The summed E-state index contributed by atoms with van der Waals surface area (Å²) in [6.45, 7) is 0.429. The van der Waals surface area contributed by atoms with Crippen molar-refractivity contribution >= 4 is 11.7 Å². The number of carbonyl (C=O) groups excluding carboxylic acids is 2. The molecule has 0 fully saturated rings. The average Bonchev–Trinajstić information content (AvgIpc) is 2.30. The minimum absolute atomic E-state index is 0.0154. The lowest BCUT2D eigenvalue weighted by molar-refractivity contribution is -0.117. The standard InChI is InChI=1S/C13H11NO3/c14-13(16)3-1-2-9-4-5-12-10(8-9)11(15)6-7-17-12/h4-5,8H,3,6-7H2,(H2,14,16). The third kappa shape index (κ3) is 2.64. The zero-order chi connectivity index (χ0) is 12.3. The number of fused-ring (bicyclic) bond motifs is 1. The molecule has 0 atom stereocenters. The second-order valence-corrected chi connectivity index (χ2v) is 3.68. The highest BCUT2D eigenvalue weighted by Crippen LogP contribution is 2.25. The van der Waals surface area contributed by atoms with Gasteiger partial charge >= 0.3 is 0 Å². The Morgan fingerprint density at radius 1 is 1.47 bits per heavy atom. The lowest BCUT2D eigenvalue weighted by Crippen LogP contribution is -2.15. The molecule has 1 heterocycles. The highest BCUT2D eigenvalue weighted by molar-refractivity contribution is 5.99. The first-order chi connectivity index (χ1) is 8.16.